The van der Waals surface area contributed by atoms with Crippen molar-refractivity contribution in [2.24, 2.45) is 0 Å². The summed E-state index contributed by atoms with van der Waals surface area (Å²) in [6, 6.07) is 20.8. The average molecular weight is 813 g/mol. The number of hydrogen-bond donors (Lipinski definition) is 5. The maximum absolute atomic E-state index is 12.9. The van der Waals surface area contributed by atoms with Gasteiger partial charge >= 0.3 is 31.1 Å². The Kier molecular flexibility index (Phi) is 10.6. The highest BCUT2D eigenvalue weighted by Crippen LogP contribution is 2.72. The van der Waals surface area contributed by atoms with Crippen LogP contribution in [0.5, 0.6) is 0 Å². The van der Waals surface area contributed by atoms with Crippen molar-refractivity contribution >= 4 is 58.8 Å². The molecule has 2 fully saturated rings. The molecule has 2 aliphatic rings. The number of rotatable bonds is 14. The van der Waals surface area contributed by atoms with E-state index >= 15 is 0 Å². The van der Waals surface area contributed by atoms with Crippen LogP contribution in [-0.2, 0) is 62.5 Å². The van der Waals surface area contributed by atoms with Crippen LogP contribution in [0.2, 0.25) is 0 Å². The van der Waals surface area contributed by atoms with Crippen LogP contribution >= 0.6 is 31.1 Å². The van der Waals surface area contributed by atoms with Gasteiger partial charge in [0.25, 0.3) is 0 Å². The average Bonchev–Trinajstić information content (AvgIpc) is 3.77. The zero-order chi connectivity index (χ0) is 37.6. The second-order valence-corrected chi connectivity index (χ2v) is 18.5. The first-order chi connectivity index (χ1) is 25.1. The quantitative estimate of drug-likeness (QED) is 0.0960. The minimum absolute atomic E-state index is 0.104. The zero-order valence-corrected chi connectivity index (χ0v) is 30.6. The number of nitrogen functional groups attached to an aromatic ring is 1. The summed E-state index contributed by atoms with van der Waals surface area (Å²) in [5.41, 5.74) is 7.64. The number of imidazole rings is 1. The van der Waals surface area contributed by atoms with E-state index < -0.39 is 74.7 Å². The van der Waals surface area contributed by atoms with E-state index in [1.165, 1.54) is 23.3 Å². The molecule has 2 aliphatic heterocycles. The van der Waals surface area contributed by atoms with Crippen molar-refractivity contribution < 1.29 is 69.5 Å². The highest BCUT2D eigenvalue weighted by atomic mass is 31.3. The number of hydrogen-bond acceptors (Lipinski definition) is 15. The molecule has 4 heterocycles. The van der Waals surface area contributed by atoms with Gasteiger partial charge < -0.3 is 39.5 Å². The molecule has 0 aliphatic carbocycles. The molecule has 282 valence electrons. The number of nitrogens with two attached hydrogens (primary N) is 1. The summed E-state index contributed by atoms with van der Waals surface area (Å²) in [7, 11) is -22.5. The third-order valence-electron chi connectivity index (χ3n) is 8.11. The van der Waals surface area contributed by atoms with Gasteiger partial charge in [0, 0.05) is 6.42 Å². The van der Waals surface area contributed by atoms with Gasteiger partial charge in [0.15, 0.2) is 24.0 Å². The molecule has 20 nitrogen and oxygen atoms in total. The maximum atomic E-state index is 12.9. The van der Waals surface area contributed by atoms with Gasteiger partial charge in [-0.25, -0.2) is 33.0 Å². The molecule has 0 amide bonds. The number of anilines is 1. The molecule has 5 aromatic rings. The Bertz CT molecular complexity index is 2330. The van der Waals surface area contributed by atoms with E-state index in [-0.39, 0.29) is 22.5 Å². The Balaban J connectivity index is 1.02. The molecule has 7 unspecified atom stereocenters. The molecule has 9 atom stereocenters. The van der Waals surface area contributed by atoms with E-state index in [9.17, 15) is 37.8 Å². The third-order valence-corrected chi connectivity index (χ3v) is 14.5. The molecule has 24 heteroatoms. The molecular weight excluding hydrogens is 782 g/mol. The van der Waals surface area contributed by atoms with Crippen molar-refractivity contribution in [2.75, 3.05) is 12.3 Å². The van der Waals surface area contributed by atoms with E-state index in [1.54, 1.807) is 36.4 Å². The third kappa shape index (κ3) is 8.85. The van der Waals surface area contributed by atoms with Crippen LogP contribution in [0.15, 0.2) is 85.5 Å². The van der Waals surface area contributed by atoms with Crippen LogP contribution in [0, 0.1) is 0 Å². The number of phosphoric ester groups is 1. The molecule has 2 aromatic heterocycles. The van der Waals surface area contributed by atoms with E-state index in [2.05, 4.69) is 27.9 Å². The topological polar surface area (TPSA) is 283 Å². The van der Waals surface area contributed by atoms with E-state index in [0.29, 0.717) is 17.2 Å². The summed E-state index contributed by atoms with van der Waals surface area (Å²) >= 11 is 0. The minimum Gasteiger partial charge on any atom is -0.382 e. The number of fused-ring (bicyclic) bond motifs is 3. The normalized spacial score (nSPS) is 26.1. The lowest BCUT2D eigenvalue weighted by molar-refractivity contribution is -0.149. The zero-order valence-electron chi connectivity index (χ0n) is 27.0. The van der Waals surface area contributed by atoms with E-state index in [4.69, 9.17) is 24.5 Å². The van der Waals surface area contributed by atoms with Crippen molar-refractivity contribution in [3.8, 4) is 0 Å². The summed E-state index contributed by atoms with van der Waals surface area (Å²) in [4.78, 5) is 53.3. The van der Waals surface area contributed by atoms with Crippen LogP contribution in [0.3, 0.4) is 0 Å². The fourth-order valence-electron chi connectivity index (χ4n) is 6.03. The van der Waals surface area contributed by atoms with Crippen LogP contribution in [0.25, 0.3) is 21.9 Å². The predicted octanol–water partition coefficient (Wildman–Crippen LogP) is 4.57. The molecule has 0 spiro atoms. The van der Waals surface area contributed by atoms with Gasteiger partial charge in [0.2, 0.25) is 0 Å². The summed E-state index contributed by atoms with van der Waals surface area (Å²) in [5, 5.41) is 1.24. The van der Waals surface area contributed by atoms with Gasteiger partial charge in [-0.1, -0.05) is 72.8 Å². The van der Waals surface area contributed by atoms with Crippen LogP contribution in [-0.4, -0.2) is 70.3 Å². The first-order valence-corrected chi connectivity index (χ1v) is 21.8. The lowest BCUT2D eigenvalue weighted by atomic mass is 10.1. The second-order valence-electron chi connectivity index (χ2n) is 11.8. The number of aromatic nitrogens is 4. The largest absolute Gasteiger partial charge is 0.490 e. The van der Waals surface area contributed by atoms with Gasteiger partial charge in [-0.2, -0.15) is 8.62 Å². The molecule has 0 radical (unpaired) electrons. The van der Waals surface area contributed by atoms with Gasteiger partial charge in [0.05, 0.1) is 19.1 Å². The molecule has 0 bridgehead atoms. The maximum Gasteiger partial charge on any atom is 0.490 e. The highest BCUT2D eigenvalue weighted by Gasteiger charge is 2.55. The summed E-state index contributed by atoms with van der Waals surface area (Å²) in [6.45, 7) is -0.805. The molecule has 0 saturated carbocycles. The fourth-order valence-corrected chi connectivity index (χ4v) is 11.6. The second kappa shape index (κ2) is 14.8. The van der Waals surface area contributed by atoms with Crippen molar-refractivity contribution in [2.45, 2.75) is 43.4 Å². The number of ether oxygens (including phenoxy) is 3. The molecule has 6 N–H and O–H groups in total. The van der Waals surface area contributed by atoms with Crippen molar-refractivity contribution in [3.63, 3.8) is 0 Å². The molecule has 7 rings (SSSR count). The number of nitrogens with zero attached hydrogens (tertiary/aromatic N) is 4. The van der Waals surface area contributed by atoms with Crippen molar-refractivity contribution in [1.29, 1.82) is 0 Å². The Hall–Kier alpha value is -3.25. The molecule has 2 saturated heterocycles. The van der Waals surface area contributed by atoms with Gasteiger partial charge in [-0.05, 0) is 21.9 Å². The fraction of sp³-hybridized carbons (Fsp3) is 0.276. The lowest BCUT2D eigenvalue weighted by Gasteiger charge is -2.22. The summed E-state index contributed by atoms with van der Waals surface area (Å²) in [5.74, 6) is 0.104. The number of benzene rings is 3. The Labute approximate surface area is 299 Å². The van der Waals surface area contributed by atoms with Crippen molar-refractivity contribution in [1.82, 2.24) is 19.5 Å². The molecular formula is C29H31N5O15P4. The number of phosphoric acid groups is 3. The SMILES string of the molecule is Nc1ncnc2c1ncn2[C@@H]1O[C@H](COP(=O)(O)OP(=O)(O)OP(=O)(O)OP(=O)(O)Cc2cccc3ccccc23)C2OC(Cc3ccccc3)OC21. The van der Waals surface area contributed by atoms with Gasteiger partial charge in [0.1, 0.15) is 30.2 Å². The van der Waals surface area contributed by atoms with Crippen LogP contribution in [0.4, 0.5) is 5.82 Å². The molecule has 3 aromatic carbocycles. The summed E-state index contributed by atoms with van der Waals surface area (Å²) in [6.07, 6.45) is -2.59. The lowest BCUT2D eigenvalue weighted by Crippen LogP contribution is -2.31. The Morgan fingerprint density at radius 2 is 1.43 bits per heavy atom. The smallest absolute Gasteiger partial charge is 0.382 e. The Morgan fingerprint density at radius 1 is 0.755 bits per heavy atom. The highest BCUT2D eigenvalue weighted by molar-refractivity contribution is 7.70. The minimum atomic E-state index is -6.00. The standard InChI is InChI=1S/C29H31N5O15P4/c30-27-24-28(32-16-31-27)34(17-33-24)29-26-25(45-23(46-26)13-18-7-2-1-3-8-18)22(44-29)14-43-51(37,38)48-53(41,42)49-52(39,40)47-50(35,36)15-20-11-6-10-19-9-4-5-12-21(19)20/h1-12,16-17,22-23,25-26,29H,13-15H2,(H,35,36)(H,37,38)(H,39,40)(H,41,42)(H2,30,31,32)/t22-,23?,25?,26?,29-/m1/s1. The van der Waals surface area contributed by atoms with Crippen LogP contribution < -0.4 is 5.73 Å². The summed E-state index contributed by atoms with van der Waals surface area (Å²) < 4.78 is 88.4. The van der Waals surface area contributed by atoms with E-state index in [0.717, 1.165) is 5.56 Å². The monoisotopic (exact) mass is 813 g/mol. The van der Waals surface area contributed by atoms with Gasteiger partial charge in [-0.15, -0.1) is 0 Å². The molecule has 53 heavy (non-hydrogen) atoms. The Morgan fingerprint density at radius 3 is 2.23 bits per heavy atom. The first-order valence-electron chi connectivity index (χ1n) is 15.6. The van der Waals surface area contributed by atoms with Gasteiger partial charge in [-0.3, -0.25) is 13.7 Å². The van der Waals surface area contributed by atoms with Crippen LogP contribution in [0.1, 0.15) is 17.4 Å². The van der Waals surface area contributed by atoms with E-state index in [1.807, 2.05) is 30.3 Å². The predicted molar refractivity (Wildman–Crippen MR) is 183 cm³/mol. The first kappa shape index (κ1) is 38.0. The van der Waals surface area contributed by atoms with Crippen molar-refractivity contribution in [3.05, 3.63) is 96.6 Å².